The second kappa shape index (κ2) is 8.76. The molecule has 5 N–H and O–H groups in total. The predicted octanol–water partition coefficient (Wildman–Crippen LogP) is 6.65. The van der Waals surface area contributed by atoms with Crippen molar-refractivity contribution in [2.24, 2.45) is 0 Å². The summed E-state index contributed by atoms with van der Waals surface area (Å²) in [6, 6.07) is 19.9. The van der Waals surface area contributed by atoms with Gasteiger partial charge in [-0.3, -0.25) is 5.10 Å². The molecule has 3 aromatic carbocycles. The lowest BCUT2D eigenvalue weighted by molar-refractivity contribution is 0.262. The van der Waals surface area contributed by atoms with Crippen LogP contribution in [0.15, 0.2) is 77.5 Å². The number of thiophene rings is 1. The summed E-state index contributed by atoms with van der Waals surface area (Å²) < 4.78 is 13.1. The zero-order chi connectivity index (χ0) is 22.8. The Morgan fingerprint density at radius 1 is 0.970 bits per heavy atom. The van der Waals surface area contributed by atoms with Gasteiger partial charge in [0, 0.05) is 22.5 Å². The average molecular weight is 458 g/mol. The smallest absolute Gasteiger partial charge is 0.323 e. The summed E-state index contributed by atoms with van der Waals surface area (Å²) in [5, 5.41) is 17.7. The standard InChI is InChI=1S/C25H20FN5OS/c26-13-16-3-1-2-4-21(16)29-25(32)28-18-7-5-15(6-8-18)19-9-10-20(17-11-12-33-14-17)23-22(19)24(27)31-30-23/h1-12,14H,13H2,(H3,27,30,31)(H2,28,29,32). The number of amides is 2. The Bertz CT molecular complexity index is 1430. The van der Waals surface area contributed by atoms with E-state index in [0.29, 0.717) is 22.8 Å². The highest BCUT2D eigenvalue weighted by Crippen LogP contribution is 2.38. The van der Waals surface area contributed by atoms with Crippen molar-refractivity contribution in [1.29, 1.82) is 0 Å². The maximum Gasteiger partial charge on any atom is 0.323 e. The first-order valence-corrected chi connectivity index (χ1v) is 11.2. The maximum absolute atomic E-state index is 13.1. The Kier molecular flexibility index (Phi) is 5.50. The number of aromatic nitrogens is 2. The van der Waals surface area contributed by atoms with E-state index in [1.165, 1.54) is 0 Å². The number of nitrogens with one attached hydrogen (secondary N) is 3. The molecule has 0 aliphatic rings. The number of hydrogen-bond donors (Lipinski definition) is 4. The fourth-order valence-corrected chi connectivity index (χ4v) is 4.49. The van der Waals surface area contributed by atoms with E-state index in [2.05, 4.69) is 38.3 Å². The molecule has 5 rings (SSSR count). The van der Waals surface area contributed by atoms with Gasteiger partial charge in [-0.2, -0.15) is 16.4 Å². The van der Waals surface area contributed by atoms with Crippen molar-refractivity contribution in [1.82, 2.24) is 10.2 Å². The highest BCUT2D eigenvalue weighted by Gasteiger charge is 2.15. The van der Waals surface area contributed by atoms with Gasteiger partial charge in [-0.25, -0.2) is 9.18 Å². The summed E-state index contributed by atoms with van der Waals surface area (Å²) >= 11 is 1.64. The number of anilines is 3. The second-order valence-corrected chi connectivity index (χ2v) is 8.26. The van der Waals surface area contributed by atoms with Crippen LogP contribution in [0.1, 0.15) is 5.56 Å². The Morgan fingerprint density at radius 2 is 1.76 bits per heavy atom. The molecular formula is C25H20FN5OS. The number of para-hydroxylation sites is 1. The van der Waals surface area contributed by atoms with Crippen LogP contribution in [0, 0.1) is 0 Å². The number of aromatic amines is 1. The van der Waals surface area contributed by atoms with Crippen LogP contribution in [0.25, 0.3) is 33.2 Å². The van der Waals surface area contributed by atoms with E-state index >= 15 is 0 Å². The molecule has 0 unspecified atom stereocenters. The topological polar surface area (TPSA) is 95.8 Å². The third kappa shape index (κ3) is 4.04. The average Bonchev–Trinajstić information content (AvgIpc) is 3.50. The van der Waals surface area contributed by atoms with Crippen LogP contribution in [-0.4, -0.2) is 16.2 Å². The number of H-pyrrole nitrogens is 1. The van der Waals surface area contributed by atoms with Gasteiger partial charge in [0.25, 0.3) is 0 Å². The summed E-state index contributed by atoms with van der Waals surface area (Å²) in [4.78, 5) is 12.4. The van der Waals surface area contributed by atoms with E-state index in [1.807, 2.05) is 35.7 Å². The number of urea groups is 1. The minimum Gasteiger partial charge on any atom is -0.382 e. The van der Waals surface area contributed by atoms with Crippen molar-refractivity contribution < 1.29 is 9.18 Å². The van der Waals surface area contributed by atoms with Gasteiger partial charge in [-0.1, -0.05) is 42.5 Å². The first-order valence-electron chi connectivity index (χ1n) is 10.3. The zero-order valence-corrected chi connectivity index (χ0v) is 18.2. The molecule has 0 saturated heterocycles. The normalized spacial score (nSPS) is 10.9. The van der Waals surface area contributed by atoms with Crippen molar-refractivity contribution in [2.75, 3.05) is 16.4 Å². The molecule has 0 aliphatic carbocycles. The quantitative estimate of drug-likeness (QED) is 0.238. The number of benzene rings is 3. The number of rotatable bonds is 5. The van der Waals surface area contributed by atoms with Crippen molar-refractivity contribution in [3.63, 3.8) is 0 Å². The highest BCUT2D eigenvalue weighted by atomic mass is 32.1. The number of fused-ring (bicyclic) bond motifs is 1. The van der Waals surface area contributed by atoms with Crippen LogP contribution >= 0.6 is 11.3 Å². The minimum absolute atomic E-state index is 0.426. The molecule has 0 saturated carbocycles. The Morgan fingerprint density at radius 3 is 2.52 bits per heavy atom. The van der Waals surface area contributed by atoms with Gasteiger partial charge < -0.3 is 16.4 Å². The Balaban J connectivity index is 1.39. The summed E-state index contributed by atoms with van der Waals surface area (Å²) in [6.07, 6.45) is 0. The van der Waals surface area contributed by atoms with Gasteiger partial charge in [0.1, 0.15) is 6.67 Å². The van der Waals surface area contributed by atoms with Crippen molar-refractivity contribution in [2.45, 2.75) is 6.67 Å². The molecule has 0 aliphatic heterocycles. The molecule has 0 fully saturated rings. The van der Waals surface area contributed by atoms with E-state index in [1.54, 1.807) is 35.6 Å². The van der Waals surface area contributed by atoms with Crippen molar-refractivity contribution >= 4 is 45.5 Å². The van der Waals surface area contributed by atoms with Crippen LogP contribution in [0.5, 0.6) is 0 Å². The Labute approximate surface area is 193 Å². The Hall–Kier alpha value is -4.17. The molecule has 2 heterocycles. The van der Waals surface area contributed by atoms with Gasteiger partial charge in [0.15, 0.2) is 5.82 Å². The number of carbonyl (C=O) groups excluding carboxylic acids is 1. The molecule has 164 valence electrons. The van der Waals surface area contributed by atoms with Gasteiger partial charge >= 0.3 is 6.03 Å². The fourth-order valence-electron chi connectivity index (χ4n) is 3.83. The van der Waals surface area contributed by atoms with Crippen LogP contribution in [-0.2, 0) is 6.67 Å². The molecule has 2 amide bonds. The molecule has 8 heteroatoms. The monoisotopic (exact) mass is 457 g/mol. The minimum atomic E-state index is -0.651. The first kappa shape index (κ1) is 20.7. The van der Waals surface area contributed by atoms with E-state index in [0.717, 1.165) is 33.2 Å². The molecule has 5 aromatic rings. The summed E-state index contributed by atoms with van der Waals surface area (Å²) in [6.45, 7) is -0.651. The van der Waals surface area contributed by atoms with Crippen LogP contribution in [0.3, 0.4) is 0 Å². The molecule has 6 nitrogen and oxygen atoms in total. The van der Waals surface area contributed by atoms with Crippen molar-refractivity contribution in [3.8, 4) is 22.3 Å². The predicted molar refractivity (Wildman–Crippen MR) is 133 cm³/mol. The molecule has 33 heavy (non-hydrogen) atoms. The second-order valence-electron chi connectivity index (χ2n) is 7.48. The zero-order valence-electron chi connectivity index (χ0n) is 17.4. The summed E-state index contributed by atoms with van der Waals surface area (Å²) in [5.41, 5.74) is 12.6. The van der Waals surface area contributed by atoms with E-state index in [9.17, 15) is 9.18 Å². The molecule has 0 spiro atoms. The number of nitrogens with zero attached hydrogens (tertiary/aromatic N) is 1. The third-order valence-electron chi connectivity index (χ3n) is 5.45. The van der Waals surface area contributed by atoms with Gasteiger partial charge in [-0.05, 0) is 51.7 Å². The molecule has 0 radical (unpaired) electrons. The van der Waals surface area contributed by atoms with E-state index in [4.69, 9.17) is 5.73 Å². The lowest BCUT2D eigenvalue weighted by Gasteiger charge is -2.11. The third-order valence-corrected chi connectivity index (χ3v) is 6.13. The number of nitrogen functional groups attached to an aromatic ring is 1. The first-order chi connectivity index (χ1) is 16.1. The molecule has 2 aromatic heterocycles. The van der Waals surface area contributed by atoms with E-state index in [-0.39, 0.29) is 0 Å². The van der Waals surface area contributed by atoms with Gasteiger partial charge in [0.2, 0.25) is 0 Å². The SMILES string of the molecule is Nc1n[nH]c2c(-c3ccsc3)ccc(-c3ccc(NC(=O)Nc4ccccc4CF)cc3)c12. The molecule has 0 bridgehead atoms. The number of nitrogens with two attached hydrogens (primary N) is 1. The maximum atomic E-state index is 13.1. The van der Waals surface area contributed by atoms with E-state index < -0.39 is 12.7 Å². The van der Waals surface area contributed by atoms with Crippen LogP contribution in [0.4, 0.5) is 26.4 Å². The molecule has 0 atom stereocenters. The largest absolute Gasteiger partial charge is 0.382 e. The fraction of sp³-hybridized carbons (Fsp3) is 0.0400. The number of carbonyl (C=O) groups is 1. The number of halogens is 1. The number of hydrogen-bond acceptors (Lipinski definition) is 4. The molecular weight excluding hydrogens is 437 g/mol. The lowest BCUT2D eigenvalue weighted by Crippen LogP contribution is -2.20. The van der Waals surface area contributed by atoms with Gasteiger partial charge in [-0.15, -0.1) is 0 Å². The van der Waals surface area contributed by atoms with Gasteiger partial charge in [0.05, 0.1) is 10.9 Å². The highest BCUT2D eigenvalue weighted by molar-refractivity contribution is 7.08. The van der Waals surface area contributed by atoms with Crippen LogP contribution < -0.4 is 16.4 Å². The summed E-state index contributed by atoms with van der Waals surface area (Å²) in [5.74, 6) is 0.435. The van der Waals surface area contributed by atoms with Crippen LogP contribution in [0.2, 0.25) is 0 Å². The number of alkyl halides is 1. The summed E-state index contributed by atoms with van der Waals surface area (Å²) in [7, 11) is 0. The van der Waals surface area contributed by atoms with Crippen molar-refractivity contribution in [3.05, 3.63) is 83.1 Å². The lowest BCUT2D eigenvalue weighted by atomic mass is 9.96.